The predicted octanol–water partition coefficient (Wildman–Crippen LogP) is 3.78. The van der Waals surface area contributed by atoms with Crippen LogP contribution in [0.3, 0.4) is 0 Å². The van der Waals surface area contributed by atoms with Gasteiger partial charge in [-0.05, 0) is 49.4 Å². The Balaban J connectivity index is 1.80. The molecule has 0 bridgehead atoms. The van der Waals surface area contributed by atoms with E-state index in [0.29, 0.717) is 17.1 Å². The zero-order valence-corrected chi connectivity index (χ0v) is 18.7. The molecule has 1 saturated heterocycles. The van der Waals surface area contributed by atoms with Gasteiger partial charge in [0.25, 0.3) is 16.8 Å². The minimum atomic E-state index is -1.04. The normalized spacial score (nSPS) is 15.5. The molecule has 3 rings (SSSR count). The number of carbonyl (C=O) groups is 3. The van der Waals surface area contributed by atoms with Crippen LogP contribution in [0.25, 0.3) is 6.08 Å². The number of nitro groups is 1. The first-order chi connectivity index (χ1) is 15.7. The Hall–Kier alpha value is -3.93. The third-order valence-electron chi connectivity index (χ3n) is 4.47. The van der Waals surface area contributed by atoms with Gasteiger partial charge in [-0.2, -0.15) is 0 Å². The molecular weight excluding hydrogens is 454 g/mol. The van der Waals surface area contributed by atoms with Gasteiger partial charge in [0.05, 0.1) is 23.5 Å². The largest absolute Gasteiger partial charge is 0.493 e. The van der Waals surface area contributed by atoms with Crippen LogP contribution in [-0.2, 0) is 14.3 Å². The Morgan fingerprint density at radius 3 is 2.64 bits per heavy atom. The molecule has 1 atom stereocenters. The van der Waals surface area contributed by atoms with E-state index in [1.807, 2.05) is 0 Å². The van der Waals surface area contributed by atoms with Crippen molar-refractivity contribution in [2.45, 2.75) is 19.9 Å². The van der Waals surface area contributed by atoms with Crippen molar-refractivity contribution in [3.05, 3.63) is 57.1 Å². The predicted molar refractivity (Wildman–Crippen MR) is 118 cm³/mol. The van der Waals surface area contributed by atoms with E-state index in [4.69, 9.17) is 14.2 Å². The van der Waals surface area contributed by atoms with Gasteiger partial charge < -0.3 is 14.2 Å². The summed E-state index contributed by atoms with van der Waals surface area (Å²) in [6.07, 6.45) is 2.57. The van der Waals surface area contributed by atoms with Gasteiger partial charge in [-0.3, -0.25) is 24.6 Å². The number of ether oxygens (including phenoxy) is 3. The Morgan fingerprint density at radius 1 is 1.27 bits per heavy atom. The highest BCUT2D eigenvalue weighted by molar-refractivity contribution is 8.18. The maximum absolute atomic E-state index is 12.7. The van der Waals surface area contributed by atoms with Gasteiger partial charge in [0.15, 0.2) is 11.5 Å². The first-order valence-electron chi connectivity index (χ1n) is 9.65. The molecule has 1 aliphatic heterocycles. The molecule has 1 fully saturated rings. The molecule has 1 aromatic carbocycles. The number of nitrogens with zero attached hydrogens (tertiary/aromatic N) is 3. The lowest BCUT2D eigenvalue weighted by Gasteiger charge is -2.19. The minimum Gasteiger partial charge on any atom is -0.493 e. The number of thioether (sulfide) groups is 1. The van der Waals surface area contributed by atoms with Crippen molar-refractivity contribution in [3.63, 3.8) is 0 Å². The SMILES string of the molecule is CCOC(=O)C(C)N1C(=O)S/C(=C/c2ccc(Oc3ccc([N+](=O)[O-])cn3)c(OC)c2)C1=O. The molecule has 2 heterocycles. The molecule has 1 aliphatic rings. The monoisotopic (exact) mass is 473 g/mol. The molecule has 0 N–H and O–H groups in total. The summed E-state index contributed by atoms with van der Waals surface area (Å²) in [5.41, 5.74) is 0.376. The van der Waals surface area contributed by atoms with Crippen molar-refractivity contribution < 1.29 is 33.5 Å². The van der Waals surface area contributed by atoms with Crippen molar-refractivity contribution in [2.75, 3.05) is 13.7 Å². The third kappa shape index (κ3) is 5.29. The van der Waals surface area contributed by atoms with Crippen LogP contribution in [0.4, 0.5) is 10.5 Å². The number of hydrogen-bond donors (Lipinski definition) is 0. The van der Waals surface area contributed by atoms with Crippen LogP contribution in [0.15, 0.2) is 41.4 Å². The average molecular weight is 473 g/mol. The number of hydrogen-bond acceptors (Lipinski definition) is 10. The maximum Gasteiger partial charge on any atom is 0.329 e. The number of pyridine rings is 1. The van der Waals surface area contributed by atoms with E-state index in [1.54, 1.807) is 25.1 Å². The van der Waals surface area contributed by atoms with E-state index >= 15 is 0 Å². The molecule has 11 nitrogen and oxygen atoms in total. The molecule has 0 saturated carbocycles. The second kappa shape index (κ2) is 10.1. The van der Waals surface area contributed by atoms with Crippen molar-refractivity contribution in [3.8, 4) is 17.4 Å². The smallest absolute Gasteiger partial charge is 0.329 e. The number of amides is 2. The molecule has 12 heteroatoms. The summed E-state index contributed by atoms with van der Waals surface area (Å²) in [6.45, 7) is 3.20. The highest BCUT2D eigenvalue weighted by Crippen LogP contribution is 2.36. The van der Waals surface area contributed by atoms with E-state index in [-0.39, 0.29) is 23.1 Å². The molecule has 0 radical (unpaired) electrons. The maximum atomic E-state index is 12.7. The quantitative estimate of drug-likeness (QED) is 0.241. The lowest BCUT2D eigenvalue weighted by atomic mass is 10.1. The van der Waals surface area contributed by atoms with Crippen LogP contribution in [0, 0.1) is 10.1 Å². The Kier molecular flexibility index (Phi) is 7.28. The van der Waals surface area contributed by atoms with E-state index in [9.17, 15) is 24.5 Å². The van der Waals surface area contributed by atoms with E-state index in [1.165, 1.54) is 32.2 Å². The number of aromatic nitrogens is 1. The third-order valence-corrected chi connectivity index (χ3v) is 5.35. The van der Waals surface area contributed by atoms with Crippen molar-refractivity contribution >= 4 is 40.6 Å². The fourth-order valence-corrected chi connectivity index (χ4v) is 3.75. The number of rotatable bonds is 8. The van der Waals surface area contributed by atoms with Crippen molar-refractivity contribution in [2.24, 2.45) is 0 Å². The number of benzene rings is 1. The standard InChI is InChI=1S/C21H19N3O8S/c1-4-31-20(26)12(2)23-19(25)17(33-21(23)27)10-13-5-7-15(16(9-13)30-3)32-18-8-6-14(11-22-18)24(28)29/h5-12H,4H2,1-3H3/b17-10+. The van der Waals surface area contributed by atoms with Crippen molar-refractivity contribution in [1.29, 1.82) is 0 Å². The minimum absolute atomic E-state index is 0.126. The van der Waals surface area contributed by atoms with Gasteiger partial charge in [0, 0.05) is 12.1 Å². The second-order valence-electron chi connectivity index (χ2n) is 6.60. The zero-order valence-electron chi connectivity index (χ0n) is 17.8. The lowest BCUT2D eigenvalue weighted by molar-refractivity contribution is -0.385. The molecular formula is C21H19N3O8S. The molecule has 0 spiro atoms. The summed E-state index contributed by atoms with van der Waals surface area (Å²) in [4.78, 5) is 52.0. The molecule has 1 aromatic heterocycles. The fraction of sp³-hybridized carbons (Fsp3) is 0.238. The first-order valence-corrected chi connectivity index (χ1v) is 10.5. The second-order valence-corrected chi connectivity index (χ2v) is 7.60. The van der Waals surface area contributed by atoms with Gasteiger partial charge in [0.1, 0.15) is 12.2 Å². The average Bonchev–Trinajstić information content (AvgIpc) is 3.07. The van der Waals surface area contributed by atoms with Crippen molar-refractivity contribution in [1.82, 2.24) is 9.88 Å². The van der Waals surface area contributed by atoms with Crippen LogP contribution in [0.5, 0.6) is 17.4 Å². The van der Waals surface area contributed by atoms with Gasteiger partial charge in [-0.15, -0.1) is 0 Å². The van der Waals surface area contributed by atoms with Crippen LogP contribution in [0.2, 0.25) is 0 Å². The number of carbonyl (C=O) groups excluding carboxylic acids is 3. The summed E-state index contributed by atoms with van der Waals surface area (Å²) >= 11 is 0.718. The molecule has 2 amide bonds. The summed E-state index contributed by atoms with van der Waals surface area (Å²) in [6, 6.07) is 6.36. The highest BCUT2D eigenvalue weighted by Gasteiger charge is 2.41. The highest BCUT2D eigenvalue weighted by atomic mass is 32.2. The molecule has 172 valence electrons. The Labute approximate surface area is 192 Å². The van der Waals surface area contributed by atoms with Crippen LogP contribution < -0.4 is 9.47 Å². The summed E-state index contributed by atoms with van der Waals surface area (Å²) in [7, 11) is 1.42. The molecule has 1 unspecified atom stereocenters. The van der Waals surface area contributed by atoms with E-state index in [2.05, 4.69) is 4.98 Å². The van der Waals surface area contributed by atoms with E-state index in [0.717, 1.165) is 22.9 Å². The first kappa shape index (κ1) is 23.7. The summed E-state index contributed by atoms with van der Waals surface area (Å²) in [5.74, 6) is -0.534. The van der Waals surface area contributed by atoms with Crippen LogP contribution >= 0.6 is 11.8 Å². The number of methoxy groups -OCH3 is 1. The van der Waals surface area contributed by atoms with Gasteiger partial charge >= 0.3 is 5.97 Å². The molecule has 0 aliphatic carbocycles. The van der Waals surface area contributed by atoms with Crippen LogP contribution in [0.1, 0.15) is 19.4 Å². The number of imide groups is 1. The van der Waals surface area contributed by atoms with Gasteiger partial charge in [-0.25, -0.2) is 9.78 Å². The Morgan fingerprint density at radius 2 is 2.03 bits per heavy atom. The van der Waals surface area contributed by atoms with Gasteiger partial charge in [0.2, 0.25) is 5.88 Å². The van der Waals surface area contributed by atoms with E-state index < -0.39 is 28.1 Å². The summed E-state index contributed by atoms with van der Waals surface area (Å²) in [5, 5.41) is 10.2. The van der Waals surface area contributed by atoms with Crippen LogP contribution in [-0.4, -0.2) is 51.7 Å². The zero-order chi connectivity index (χ0) is 24.1. The topological polar surface area (TPSA) is 138 Å². The molecule has 33 heavy (non-hydrogen) atoms. The summed E-state index contributed by atoms with van der Waals surface area (Å²) < 4.78 is 15.9. The fourth-order valence-electron chi connectivity index (χ4n) is 2.85. The number of esters is 1. The lowest BCUT2D eigenvalue weighted by Crippen LogP contribution is -2.42. The Bertz CT molecular complexity index is 1130. The molecule has 2 aromatic rings. The van der Waals surface area contributed by atoms with Gasteiger partial charge in [-0.1, -0.05) is 6.07 Å².